The molecule has 0 saturated carbocycles. The molecule has 4 nitrogen and oxygen atoms in total. The van der Waals surface area contributed by atoms with Crippen LogP contribution in [0.4, 0.5) is 13.2 Å². The molecule has 0 bridgehead atoms. The lowest BCUT2D eigenvalue weighted by Crippen LogP contribution is -2.05. The smallest absolute Gasteiger partial charge is 0.416 e. The van der Waals surface area contributed by atoms with Gasteiger partial charge in [-0.3, -0.25) is 4.79 Å². The highest BCUT2D eigenvalue weighted by Gasteiger charge is 2.29. The summed E-state index contributed by atoms with van der Waals surface area (Å²) in [7, 11) is 1.37. The van der Waals surface area contributed by atoms with Crippen molar-refractivity contribution in [1.29, 1.82) is 0 Å². The Morgan fingerprint density at radius 2 is 1.59 bits per heavy atom. The fraction of sp³-hybridized carbons (Fsp3) is 0.192. The Labute approximate surface area is 198 Å². The molecule has 0 aliphatic rings. The summed E-state index contributed by atoms with van der Waals surface area (Å²) in [5.41, 5.74) is 1.78. The average Bonchev–Trinajstić information content (AvgIpc) is 3.23. The van der Waals surface area contributed by atoms with Gasteiger partial charge < -0.3 is 14.2 Å². The van der Waals surface area contributed by atoms with Gasteiger partial charge in [0.1, 0.15) is 24.7 Å². The number of hydrogen-bond acceptors (Lipinski definition) is 5. The largest absolute Gasteiger partial charge is 0.489 e. The summed E-state index contributed by atoms with van der Waals surface area (Å²) < 4.78 is 55.5. The molecule has 0 spiro atoms. The van der Waals surface area contributed by atoms with E-state index in [1.807, 2.05) is 41.8 Å². The summed E-state index contributed by atoms with van der Waals surface area (Å²) >= 11 is 1.54. The SMILES string of the molecule is COC(=O)Cc1csc2cc(OCc3cccc(OCc4ccc(C(F)(F)F)cc4)c3)ccc12. The number of rotatable bonds is 8. The number of alkyl halides is 3. The summed E-state index contributed by atoms with van der Waals surface area (Å²) in [6.45, 7) is 0.481. The minimum Gasteiger partial charge on any atom is -0.489 e. The second-order valence-corrected chi connectivity index (χ2v) is 8.50. The van der Waals surface area contributed by atoms with Gasteiger partial charge in [0, 0.05) is 4.70 Å². The van der Waals surface area contributed by atoms with Crippen LogP contribution in [-0.2, 0) is 35.3 Å². The number of ether oxygens (including phenoxy) is 3. The van der Waals surface area contributed by atoms with E-state index in [4.69, 9.17) is 14.2 Å². The van der Waals surface area contributed by atoms with Gasteiger partial charge in [0.05, 0.1) is 19.1 Å². The molecule has 1 aromatic heterocycles. The van der Waals surface area contributed by atoms with E-state index in [0.717, 1.165) is 33.3 Å². The monoisotopic (exact) mass is 486 g/mol. The second-order valence-electron chi connectivity index (χ2n) is 7.59. The molecule has 0 amide bonds. The van der Waals surface area contributed by atoms with Crippen LogP contribution in [0.15, 0.2) is 72.1 Å². The predicted octanol–water partition coefficient (Wildman–Crippen LogP) is 6.79. The number of thiophene rings is 1. The van der Waals surface area contributed by atoms with Crippen molar-refractivity contribution in [2.75, 3.05) is 7.11 Å². The highest BCUT2D eigenvalue weighted by molar-refractivity contribution is 7.17. The third-order valence-corrected chi connectivity index (χ3v) is 6.17. The van der Waals surface area contributed by atoms with E-state index in [2.05, 4.69) is 0 Å². The van der Waals surface area contributed by atoms with Crippen molar-refractivity contribution in [2.45, 2.75) is 25.8 Å². The van der Waals surface area contributed by atoms with Gasteiger partial charge in [-0.05, 0) is 69.9 Å². The number of methoxy groups -OCH3 is 1. The molecular formula is C26H21F3O4S. The molecule has 0 N–H and O–H groups in total. The van der Waals surface area contributed by atoms with Gasteiger partial charge in [0.25, 0.3) is 0 Å². The van der Waals surface area contributed by atoms with Crippen molar-refractivity contribution < 1.29 is 32.2 Å². The number of benzene rings is 3. The standard InChI is InChI=1S/C26H21F3O4S/c1-31-25(30)12-19-16-34-24-13-22(9-10-23(19)24)33-15-18-3-2-4-21(11-18)32-14-17-5-7-20(8-6-17)26(27,28)29/h2-11,13,16H,12,14-15H2,1H3. The van der Waals surface area contributed by atoms with Crippen LogP contribution >= 0.6 is 11.3 Å². The molecule has 176 valence electrons. The highest BCUT2D eigenvalue weighted by atomic mass is 32.1. The first-order chi connectivity index (χ1) is 16.3. The number of esters is 1. The predicted molar refractivity (Wildman–Crippen MR) is 124 cm³/mol. The first-order valence-electron chi connectivity index (χ1n) is 10.4. The summed E-state index contributed by atoms with van der Waals surface area (Å²) in [4.78, 5) is 11.6. The summed E-state index contributed by atoms with van der Waals surface area (Å²) in [5, 5.41) is 2.95. The molecule has 0 saturated heterocycles. The topological polar surface area (TPSA) is 44.8 Å². The molecule has 34 heavy (non-hydrogen) atoms. The van der Waals surface area contributed by atoms with Crippen molar-refractivity contribution in [1.82, 2.24) is 0 Å². The number of carbonyl (C=O) groups excluding carboxylic acids is 1. The molecule has 0 unspecified atom stereocenters. The Hall–Kier alpha value is -3.52. The van der Waals surface area contributed by atoms with E-state index in [1.54, 1.807) is 17.4 Å². The zero-order valence-electron chi connectivity index (χ0n) is 18.2. The van der Waals surface area contributed by atoms with E-state index in [-0.39, 0.29) is 19.0 Å². The van der Waals surface area contributed by atoms with Gasteiger partial charge in [0.2, 0.25) is 0 Å². The maximum absolute atomic E-state index is 12.7. The summed E-state index contributed by atoms with van der Waals surface area (Å²) in [6, 6.07) is 18.0. The summed E-state index contributed by atoms with van der Waals surface area (Å²) in [6.07, 6.45) is -4.12. The molecule has 0 atom stereocenters. The van der Waals surface area contributed by atoms with Crippen LogP contribution in [0.25, 0.3) is 10.1 Å². The van der Waals surface area contributed by atoms with Crippen molar-refractivity contribution in [3.63, 3.8) is 0 Å². The second kappa shape index (κ2) is 10.2. The van der Waals surface area contributed by atoms with Crippen LogP contribution < -0.4 is 9.47 Å². The number of carbonyl (C=O) groups is 1. The molecule has 0 aliphatic heterocycles. The first-order valence-corrected chi connectivity index (χ1v) is 11.3. The number of hydrogen-bond donors (Lipinski definition) is 0. The molecule has 3 aromatic carbocycles. The van der Waals surface area contributed by atoms with Crippen molar-refractivity contribution >= 4 is 27.4 Å². The van der Waals surface area contributed by atoms with E-state index in [1.165, 1.54) is 19.2 Å². The molecule has 0 aliphatic carbocycles. The van der Waals surface area contributed by atoms with Crippen molar-refractivity contribution in [3.05, 3.63) is 94.4 Å². The molecular weight excluding hydrogens is 465 g/mol. The van der Waals surface area contributed by atoms with Crippen LogP contribution in [0.3, 0.4) is 0 Å². The van der Waals surface area contributed by atoms with Gasteiger partial charge in [0.15, 0.2) is 0 Å². The first kappa shape index (κ1) is 23.6. The Morgan fingerprint density at radius 3 is 2.29 bits per heavy atom. The molecule has 8 heteroatoms. The van der Waals surface area contributed by atoms with Gasteiger partial charge in [-0.25, -0.2) is 0 Å². The van der Waals surface area contributed by atoms with E-state index >= 15 is 0 Å². The van der Waals surface area contributed by atoms with Crippen LogP contribution in [-0.4, -0.2) is 13.1 Å². The quantitative estimate of drug-likeness (QED) is 0.257. The average molecular weight is 487 g/mol. The lowest BCUT2D eigenvalue weighted by Gasteiger charge is -2.11. The Bertz CT molecular complexity index is 1280. The lowest BCUT2D eigenvalue weighted by atomic mass is 10.1. The van der Waals surface area contributed by atoms with Gasteiger partial charge >= 0.3 is 12.1 Å². The highest BCUT2D eigenvalue weighted by Crippen LogP contribution is 2.31. The van der Waals surface area contributed by atoms with Crippen molar-refractivity contribution in [2.24, 2.45) is 0 Å². The Balaban J connectivity index is 1.35. The molecule has 4 rings (SSSR count). The Morgan fingerprint density at radius 1 is 0.882 bits per heavy atom. The number of halogens is 3. The van der Waals surface area contributed by atoms with Crippen LogP contribution in [0.1, 0.15) is 22.3 Å². The minimum absolute atomic E-state index is 0.158. The molecule has 1 heterocycles. The third-order valence-electron chi connectivity index (χ3n) is 5.18. The van der Waals surface area contributed by atoms with Gasteiger partial charge in [-0.1, -0.05) is 24.3 Å². The van der Waals surface area contributed by atoms with E-state index in [9.17, 15) is 18.0 Å². The van der Waals surface area contributed by atoms with Gasteiger partial charge in [-0.15, -0.1) is 11.3 Å². The van der Waals surface area contributed by atoms with E-state index in [0.29, 0.717) is 23.7 Å². The summed E-state index contributed by atoms with van der Waals surface area (Å²) in [5.74, 6) is 1.03. The fourth-order valence-corrected chi connectivity index (χ4v) is 4.36. The van der Waals surface area contributed by atoms with Crippen molar-refractivity contribution in [3.8, 4) is 11.5 Å². The maximum atomic E-state index is 12.7. The Kier molecular flexibility index (Phi) is 7.07. The normalized spacial score (nSPS) is 11.4. The zero-order chi connectivity index (χ0) is 24.1. The third kappa shape index (κ3) is 5.88. The molecule has 0 fully saturated rings. The lowest BCUT2D eigenvalue weighted by molar-refractivity contribution is -0.140. The fourth-order valence-electron chi connectivity index (χ4n) is 3.37. The van der Waals surface area contributed by atoms with Crippen LogP contribution in [0, 0.1) is 0 Å². The molecule has 4 aromatic rings. The van der Waals surface area contributed by atoms with E-state index < -0.39 is 11.7 Å². The molecule has 0 radical (unpaired) electrons. The maximum Gasteiger partial charge on any atom is 0.416 e. The zero-order valence-corrected chi connectivity index (χ0v) is 19.0. The van der Waals surface area contributed by atoms with Gasteiger partial charge in [-0.2, -0.15) is 13.2 Å². The van der Waals surface area contributed by atoms with Crippen LogP contribution in [0.2, 0.25) is 0 Å². The van der Waals surface area contributed by atoms with Crippen LogP contribution in [0.5, 0.6) is 11.5 Å². The minimum atomic E-state index is -4.35. The number of fused-ring (bicyclic) bond motifs is 1.